The summed E-state index contributed by atoms with van der Waals surface area (Å²) >= 11 is 1.65. The lowest BCUT2D eigenvalue weighted by Gasteiger charge is -1.98. The highest BCUT2D eigenvalue weighted by molar-refractivity contribution is 7.19. The number of hydrogen-bond donors (Lipinski definition) is 1. The molecule has 0 spiro atoms. The average molecular weight is 238 g/mol. The highest BCUT2D eigenvalue weighted by Crippen LogP contribution is 2.32. The van der Waals surface area contributed by atoms with Crippen molar-refractivity contribution in [2.24, 2.45) is 7.05 Å². The molecule has 5 heteroatoms. The Kier molecular flexibility index (Phi) is 2.71. The molecule has 0 radical (unpaired) electrons. The average Bonchev–Trinajstić information content (AvgIpc) is 2.68. The first-order valence-electron chi connectivity index (χ1n) is 5.16. The van der Waals surface area contributed by atoms with Gasteiger partial charge in [-0.25, -0.2) is 0 Å². The van der Waals surface area contributed by atoms with E-state index in [9.17, 15) is 4.79 Å². The molecule has 1 N–H and O–H groups in total. The van der Waals surface area contributed by atoms with Crippen molar-refractivity contribution in [3.63, 3.8) is 0 Å². The van der Waals surface area contributed by atoms with Gasteiger partial charge in [-0.3, -0.25) is 9.48 Å². The van der Waals surface area contributed by atoms with Crippen molar-refractivity contribution >= 4 is 27.5 Å². The molecule has 0 aliphatic heterocycles. The molecule has 86 valence electrons. The van der Waals surface area contributed by atoms with Gasteiger partial charge >= 0.3 is 5.97 Å². The maximum atomic E-state index is 10.7. The Hall–Kier alpha value is -1.36. The van der Waals surface area contributed by atoms with E-state index >= 15 is 0 Å². The van der Waals surface area contributed by atoms with E-state index in [1.807, 2.05) is 7.05 Å². The van der Waals surface area contributed by atoms with Crippen molar-refractivity contribution in [3.8, 4) is 0 Å². The predicted molar refractivity (Wildman–Crippen MR) is 64.0 cm³/mol. The van der Waals surface area contributed by atoms with Crippen LogP contribution in [0.2, 0.25) is 0 Å². The Morgan fingerprint density at radius 1 is 1.62 bits per heavy atom. The van der Waals surface area contributed by atoms with Gasteiger partial charge in [-0.05, 0) is 12.0 Å². The van der Waals surface area contributed by atoms with E-state index in [1.54, 1.807) is 16.0 Å². The van der Waals surface area contributed by atoms with Gasteiger partial charge in [0, 0.05) is 11.9 Å². The number of hydrogen-bond acceptors (Lipinski definition) is 3. The summed E-state index contributed by atoms with van der Waals surface area (Å²) in [7, 11) is 1.85. The summed E-state index contributed by atoms with van der Waals surface area (Å²) in [6.45, 7) is 4.27. The minimum Gasteiger partial charge on any atom is -0.481 e. The summed E-state index contributed by atoms with van der Waals surface area (Å²) in [4.78, 5) is 12.0. The Morgan fingerprint density at radius 2 is 2.31 bits per heavy atom. The van der Waals surface area contributed by atoms with Gasteiger partial charge in [0.05, 0.1) is 22.3 Å². The Labute approximate surface area is 97.5 Å². The first-order valence-corrected chi connectivity index (χ1v) is 5.97. The smallest absolute Gasteiger partial charge is 0.309 e. The van der Waals surface area contributed by atoms with E-state index in [0.717, 1.165) is 10.2 Å². The zero-order valence-corrected chi connectivity index (χ0v) is 10.3. The first-order chi connectivity index (χ1) is 7.49. The normalized spacial score (nSPS) is 11.5. The second-order valence-electron chi connectivity index (χ2n) is 4.16. The van der Waals surface area contributed by atoms with Crippen LogP contribution in [-0.4, -0.2) is 20.9 Å². The maximum absolute atomic E-state index is 10.7. The molecular formula is C11H14N2O2S. The summed E-state index contributed by atoms with van der Waals surface area (Å²) < 4.78 is 2.77. The van der Waals surface area contributed by atoms with Gasteiger partial charge in [0.1, 0.15) is 0 Å². The summed E-state index contributed by atoms with van der Waals surface area (Å²) in [5.74, 6) is -0.366. The van der Waals surface area contributed by atoms with Crippen LogP contribution in [0.3, 0.4) is 0 Å². The van der Waals surface area contributed by atoms with E-state index in [-0.39, 0.29) is 6.42 Å². The van der Waals surface area contributed by atoms with E-state index in [1.165, 1.54) is 4.88 Å². The summed E-state index contributed by atoms with van der Waals surface area (Å²) in [5.41, 5.74) is 1.70. The fraction of sp³-hybridized carbons (Fsp3) is 0.455. The zero-order chi connectivity index (χ0) is 11.9. The fourth-order valence-electron chi connectivity index (χ4n) is 1.67. The lowest BCUT2D eigenvalue weighted by Crippen LogP contribution is -2.01. The van der Waals surface area contributed by atoms with E-state index in [0.29, 0.717) is 11.6 Å². The highest BCUT2D eigenvalue weighted by atomic mass is 32.1. The molecule has 0 saturated heterocycles. The van der Waals surface area contributed by atoms with Crippen LogP contribution in [0.15, 0.2) is 6.07 Å². The third-order valence-corrected chi connectivity index (χ3v) is 3.97. The van der Waals surface area contributed by atoms with Gasteiger partial charge in [0.25, 0.3) is 0 Å². The van der Waals surface area contributed by atoms with Crippen LogP contribution >= 0.6 is 11.3 Å². The molecule has 2 heterocycles. The van der Waals surface area contributed by atoms with E-state index in [2.05, 4.69) is 25.0 Å². The molecule has 0 aromatic carbocycles. The molecule has 0 aliphatic carbocycles. The molecule has 2 rings (SSSR count). The van der Waals surface area contributed by atoms with Crippen LogP contribution in [0, 0.1) is 0 Å². The number of nitrogens with zero attached hydrogens (tertiary/aromatic N) is 2. The van der Waals surface area contributed by atoms with Crippen molar-refractivity contribution in [1.82, 2.24) is 9.78 Å². The van der Waals surface area contributed by atoms with E-state index < -0.39 is 5.97 Å². The molecule has 16 heavy (non-hydrogen) atoms. The van der Waals surface area contributed by atoms with Gasteiger partial charge in [0.15, 0.2) is 0 Å². The molecule has 0 fully saturated rings. The molecule has 0 amide bonds. The van der Waals surface area contributed by atoms with Crippen molar-refractivity contribution in [3.05, 3.63) is 16.6 Å². The molecule has 0 bridgehead atoms. The molecule has 2 aromatic rings. The second-order valence-corrected chi connectivity index (χ2v) is 5.24. The van der Waals surface area contributed by atoms with Crippen LogP contribution < -0.4 is 0 Å². The number of rotatable bonds is 3. The molecule has 2 aromatic heterocycles. The molecule has 0 atom stereocenters. The molecule has 0 aliphatic rings. The lowest BCUT2D eigenvalue weighted by molar-refractivity contribution is -0.136. The minimum absolute atomic E-state index is 0.00457. The topological polar surface area (TPSA) is 55.1 Å². The monoisotopic (exact) mass is 238 g/mol. The summed E-state index contributed by atoms with van der Waals surface area (Å²) in [5, 5.41) is 13.0. The number of carboxylic acids is 1. The van der Waals surface area contributed by atoms with Crippen molar-refractivity contribution in [1.29, 1.82) is 0 Å². The van der Waals surface area contributed by atoms with Crippen molar-refractivity contribution < 1.29 is 9.90 Å². The van der Waals surface area contributed by atoms with Gasteiger partial charge in [0.2, 0.25) is 0 Å². The number of thiophene rings is 1. The minimum atomic E-state index is -0.834. The third kappa shape index (κ3) is 1.82. The maximum Gasteiger partial charge on any atom is 0.309 e. The van der Waals surface area contributed by atoms with Crippen LogP contribution in [0.5, 0.6) is 0 Å². The molecular weight excluding hydrogens is 224 g/mol. The van der Waals surface area contributed by atoms with Gasteiger partial charge in [-0.2, -0.15) is 5.10 Å². The third-order valence-electron chi connectivity index (χ3n) is 2.50. The quantitative estimate of drug-likeness (QED) is 0.893. The Morgan fingerprint density at radius 3 is 2.88 bits per heavy atom. The molecule has 4 nitrogen and oxygen atoms in total. The number of carbonyl (C=O) groups is 1. The predicted octanol–water partition coefficient (Wildman–Crippen LogP) is 2.39. The SMILES string of the molecule is CC(C)c1cc2c(s1)c(CC(=O)O)nn2C. The number of aryl methyl sites for hydroxylation is 1. The summed E-state index contributed by atoms with van der Waals surface area (Å²) in [6, 6.07) is 2.10. The fourth-order valence-corrected chi connectivity index (χ4v) is 2.84. The number of aliphatic carboxylic acids is 1. The first kappa shape index (κ1) is 11.1. The Balaban J connectivity index is 2.54. The number of carboxylic acid groups (broad SMARTS) is 1. The van der Waals surface area contributed by atoms with Crippen LogP contribution in [0.4, 0.5) is 0 Å². The van der Waals surface area contributed by atoms with Gasteiger partial charge in [-0.15, -0.1) is 11.3 Å². The standard InChI is InChI=1S/C11H14N2O2S/c1-6(2)9-5-8-11(16-9)7(4-10(14)15)12-13(8)3/h5-6H,4H2,1-3H3,(H,14,15). The second kappa shape index (κ2) is 3.90. The number of aromatic nitrogens is 2. The Bertz CT molecular complexity index is 539. The van der Waals surface area contributed by atoms with Crippen LogP contribution in [-0.2, 0) is 18.3 Å². The number of fused-ring (bicyclic) bond motifs is 1. The van der Waals surface area contributed by atoms with Crippen LogP contribution in [0.25, 0.3) is 10.2 Å². The van der Waals surface area contributed by atoms with Gasteiger partial charge in [-0.1, -0.05) is 13.8 Å². The molecule has 0 saturated carbocycles. The largest absolute Gasteiger partial charge is 0.481 e. The van der Waals surface area contributed by atoms with Crippen molar-refractivity contribution in [2.75, 3.05) is 0 Å². The van der Waals surface area contributed by atoms with Crippen LogP contribution in [0.1, 0.15) is 30.3 Å². The molecule has 0 unspecified atom stereocenters. The van der Waals surface area contributed by atoms with Crippen molar-refractivity contribution in [2.45, 2.75) is 26.2 Å². The highest BCUT2D eigenvalue weighted by Gasteiger charge is 2.16. The van der Waals surface area contributed by atoms with E-state index in [4.69, 9.17) is 5.11 Å². The zero-order valence-electron chi connectivity index (χ0n) is 9.52. The summed E-state index contributed by atoms with van der Waals surface area (Å²) in [6.07, 6.45) is -0.00457. The van der Waals surface area contributed by atoms with Gasteiger partial charge < -0.3 is 5.11 Å². The lowest BCUT2D eigenvalue weighted by atomic mass is 10.2.